The van der Waals surface area contributed by atoms with Crippen molar-refractivity contribution in [3.8, 4) is 0 Å². The average molecular weight is 293 g/mol. The molecular weight excluding hydrogens is 276 g/mol. The fourth-order valence-corrected chi connectivity index (χ4v) is 2.24. The van der Waals surface area contributed by atoms with E-state index < -0.39 is 29.2 Å². The smallest absolute Gasteiger partial charge is 0.279 e. The lowest BCUT2D eigenvalue weighted by atomic mass is 10.2. The molecule has 108 valence electrons. The number of halogens is 2. The zero-order valence-corrected chi connectivity index (χ0v) is 11.3. The van der Waals surface area contributed by atoms with Gasteiger partial charge >= 0.3 is 0 Å². The quantitative estimate of drug-likeness (QED) is 0.771. The number of nitrogens with one attached hydrogen (secondary N) is 1. The number of nitrogens with zero attached hydrogens (tertiary/aromatic N) is 1. The van der Waals surface area contributed by atoms with Crippen LogP contribution in [0.15, 0.2) is 30.3 Å². The van der Waals surface area contributed by atoms with E-state index in [1.807, 2.05) is 4.72 Å². The number of nitrogens with two attached hydrogens (primary N) is 1. The summed E-state index contributed by atoms with van der Waals surface area (Å²) < 4.78 is 52.1. The predicted molar refractivity (Wildman–Crippen MR) is 68.8 cm³/mol. The van der Waals surface area contributed by atoms with Crippen LogP contribution in [-0.2, 0) is 16.8 Å². The zero-order valence-electron chi connectivity index (χ0n) is 10.5. The molecule has 0 radical (unpaired) electrons. The molecule has 3 N–H and O–H groups in total. The summed E-state index contributed by atoms with van der Waals surface area (Å²) in [4.78, 5) is 0. The van der Waals surface area contributed by atoms with Crippen molar-refractivity contribution in [3.05, 3.63) is 35.9 Å². The highest BCUT2D eigenvalue weighted by atomic mass is 32.2. The lowest BCUT2D eigenvalue weighted by molar-refractivity contribution is 0.0167. The third-order valence-corrected chi connectivity index (χ3v) is 3.93. The van der Waals surface area contributed by atoms with Gasteiger partial charge in [-0.15, -0.1) is 0 Å². The van der Waals surface area contributed by atoms with E-state index in [2.05, 4.69) is 0 Å². The van der Waals surface area contributed by atoms with Gasteiger partial charge < -0.3 is 5.73 Å². The second-order valence-corrected chi connectivity index (χ2v) is 5.99. The Bertz CT molecular complexity index is 494. The minimum atomic E-state index is -3.95. The number of rotatable bonds is 7. The van der Waals surface area contributed by atoms with Crippen LogP contribution in [0.2, 0.25) is 0 Å². The highest BCUT2D eigenvalue weighted by Gasteiger charge is 2.30. The molecule has 0 fully saturated rings. The monoisotopic (exact) mass is 293 g/mol. The Balaban J connectivity index is 2.62. The van der Waals surface area contributed by atoms with Crippen LogP contribution in [0.1, 0.15) is 5.56 Å². The minimum Gasteiger partial charge on any atom is -0.325 e. The summed E-state index contributed by atoms with van der Waals surface area (Å²) >= 11 is 0. The van der Waals surface area contributed by atoms with Crippen molar-refractivity contribution in [3.63, 3.8) is 0 Å². The number of hydrogen-bond acceptors (Lipinski definition) is 3. The van der Waals surface area contributed by atoms with Gasteiger partial charge in [-0.2, -0.15) is 17.4 Å². The van der Waals surface area contributed by atoms with Crippen LogP contribution < -0.4 is 10.5 Å². The molecule has 0 aliphatic heterocycles. The molecule has 0 atom stereocenters. The summed E-state index contributed by atoms with van der Waals surface area (Å²) in [5.41, 5.74) is 5.60. The van der Waals surface area contributed by atoms with Crippen molar-refractivity contribution < 1.29 is 17.2 Å². The third-order valence-electron chi connectivity index (χ3n) is 2.47. The van der Waals surface area contributed by atoms with Crippen LogP contribution in [0.25, 0.3) is 0 Å². The molecule has 1 rings (SSSR count). The third kappa shape index (κ3) is 5.19. The van der Waals surface area contributed by atoms with Crippen molar-refractivity contribution >= 4 is 10.2 Å². The first-order valence-electron chi connectivity index (χ1n) is 5.59. The predicted octanol–water partition coefficient (Wildman–Crippen LogP) is 0.547. The molecule has 0 heterocycles. The van der Waals surface area contributed by atoms with E-state index in [1.165, 1.54) is 7.05 Å². The molecule has 1 aromatic carbocycles. The lowest BCUT2D eigenvalue weighted by Crippen LogP contribution is -2.46. The van der Waals surface area contributed by atoms with E-state index in [1.54, 1.807) is 30.3 Å². The standard InChI is InChI=1S/C11H17F2N3O2S/c1-16(7-10-5-3-2-4-6-10)19(17,18)15-9-11(12,13)8-14/h2-6,15H,7-9,14H2,1H3. The van der Waals surface area contributed by atoms with Crippen LogP contribution in [0, 0.1) is 0 Å². The van der Waals surface area contributed by atoms with Gasteiger partial charge in [-0.3, -0.25) is 0 Å². The van der Waals surface area contributed by atoms with Crippen LogP contribution in [-0.4, -0.2) is 38.8 Å². The topological polar surface area (TPSA) is 75.4 Å². The summed E-state index contributed by atoms with van der Waals surface area (Å²) in [6.07, 6.45) is 0. The molecule has 0 unspecified atom stereocenters. The molecule has 0 saturated carbocycles. The van der Waals surface area contributed by atoms with Crippen molar-refractivity contribution in [2.24, 2.45) is 5.73 Å². The van der Waals surface area contributed by atoms with Gasteiger partial charge in [0.05, 0.1) is 13.1 Å². The zero-order chi connectivity index (χ0) is 14.5. The number of benzene rings is 1. The van der Waals surface area contributed by atoms with E-state index in [0.717, 1.165) is 9.87 Å². The van der Waals surface area contributed by atoms with E-state index in [4.69, 9.17) is 5.73 Å². The van der Waals surface area contributed by atoms with Crippen molar-refractivity contribution in [1.29, 1.82) is 0 Å². The molecule has 19 heavy (non-hydrogen) atoms. The Labute approximate surface area is 111 Å². The SMILES string of the molecule is CN(Cc1ccccc1)S(=O)(=O)NCC(F)(F)CN. The molecule has 0 amide bonds. The summed E-state index contributed by atoms with van der Waals surface area (Å²) in [6.45, 7) is -1.81. The van der Waals surface area contributed by atoms with E-state index in [9.17, 15) is 17.2 Å². The van der Waals surface area contributed by atoms with Crippen molar-refractivity contribution in [1.82, 2.24) is 9.03 Å². The van der Waals surface area contributed by atoms with Crippen molar-refractivity contribution in [2.75, 3.05) is 20.1 Å². The molecule has 0 bridgehead atoms. The van der Waals surface area contributed by atoms with Gasteiger partial charge in [0.15, 0.2) is 0 Å². The fraction of sp³-hybridized carbons (Fsp3) is 0.455. The Kier molecular flexibility index (Phi) is 5.36. The molecule has 0 aliphatic carbocycles. The van der Waals surface area contributed by atoms with Crippen LogP contribution in [0.5, 0.6) is 0 Å². The van der Waals surface area contributed by atoms with Gasteiger partial charge in [-0.25, -0.2) is 8.78 Å². The Morgan fingerprint density at radius 1 is 1.32 bits per heavy atom. The number of hydrogen-bond donors (Lipinski definition) is 2. The van der Waals surface area contributed by atoms with E-state index in [-0.39, 0.29) is 6.54 Å². The molecule has 0 aliphatic rings. The Morgan fingerprint density at radius 2 is 1.89 bits per heavy atom. The second-order valence-electron chi connectivity index (χ2n) is 4.13. The average Bonchev–Trinajstić information content (AvgIpc) is 2.38. The Hall–Kier alpha value is -1.09. The normalized spacial score (nSPS) is 12.9. The van der Waals surface area contributed by atoms with Gasteiger partial charge in [-0.1, -0.05) is 30.3 Å². The molecular formula is C11H17F2N3O2S. The van der Waals surface area contributed by atoms with Gasteiger partial charge in [0.25, 0.3) is 16.1 Å². The minimum absolute atomic E-state index is 0.102. The van der Waals surface area contributed by atoms with Gasteiger partial charge in [0, 0.05) is 13.6 Å². The maximum Gasteiger partial charge on any atom is 0.279 e. The van der Waals surface area contributed by atoms with Crippen molar-refractivity contribution in [2.45, 2.75) is 12.5 Å². The van der Waals surface area contributed by atoms with Crippen LogP contribution in [0.4, 0.5) is 8.78 Å². The van der Waals surface area contributed by atoms with Crippen LogP contribution >= 0.6 is 0 Å². The second kappa shape index (κ2) is 6.38. The van der Waals surface area contributed by atoms with Crippen LogP contribution in [0.3, 0.4) is 0 Å². The molecule has 1 aromatic rings. The molecule has 0 spiro atoms. The largest absolute Gasteiger partial charge is 0.325 e. The first-order valence-corrected chi connectivity index (χ1v) is 7.03. The number of alkyl halides is 2. The molecule has 5 nitrogen and oxygen atoms in total. The van der Waals surface area contributed by atoms with Gasteiger partial charge in [-0.05, 0) is 5.56 Å². The Morgan fingerprint density at radius 3 is 2.42 bits per heavy atom. The first-order chi connectivity index (χ1) is 8.77. The highest BCUT2D eigenvalue weighted by molar-refractivity contribution is 7.87. The lowest BCUT2D eigenvalue weighted by Gasteiger charge is -2.20. The summed E-state index contributed by atoms with van der Waals surface area (Å²) in [6, 6.07) is 8.84. The van der Waals surface area contributed by atoms with Gasteiger partial charge in [0.2, 0.25) is 0 Å². The first kappa shape index (κ1) is 16.0. The molecule has 0 aromatic heterocycles. The summed E-state index contributed by atoms with van der Waals surface area (Å²) in [7, 11) is -2.64. The molecule has 8 heteroatoms. The molecule has 0 saturated heterocycles. The fourth-order valence-electron chi connectivity index (χ4n) is 1.30. The summed E-state index contributed by atoms with van der Waals surface area (Å²) in [5.74, 6) is -3.25. The van der Waals surface area contributed by atoms with Gasteiger partial charge in [0.1, 0.15) is 0 Å². The van der Waals surface area contributed by atoms with E-state index >= 15 is 0 Å². The maximum absolute atomic E-state index is 12.9. The maximum atomic E-state index is 12.9. The highest BCUT2D eigenvalue weighted by Crippen LogP contribution is 2.11. The van der Waals surface area contributed by atoms with E-state index in [0.29, 0.717) is 0 Å². The summed E-state index contributed by atoms with van der Waals surface area (Å²) in [5, 5.41) is 0.